The average Bonchev–Trinajstić information content (AvgIpc) is 2.33. The molecule has 0 aliphatic carbocycles. The van der Waals surface area contributed by atoms with Gasteiger partial charge >= 0.3 is 0 Å². The summed E-state index contributed by atoms with van der Waals surface area (Å²) >= 11 is 14.6. The van der Waals surface area contributed by atoms with Gasteiger partial charge in [-0.25, -0.2) is 0 Å². The monoisotopic (exact) mass is 354 g/mol. The third kappa shape index (κ3) is 3.26. The second-order valence-corrected chi connectivity index (χ2v) is 5.82. The van der Waals surface area contributed by atoms with E-state index in [1.807, 2.05) is 43.3 Å². The number of benzene rings is 2. The fourth-order valence-electron chi connectivity index (χ4n) is 1.73. The van der Waals surface area contributed by atoms with Gasteiger partial charge in [0.05, 0.1) is 10.7 Å². The van der Waals surface area contributed by atoms with Crippen LogP contribution in [0.2, 0.25) is 5.02 Å². The first-order valence-corrected chi connectivity index (χ1v) is 7.18. The summed E-state index contributed by atoms with van der Waals surface area (Å²) in [6.45, 7) is 2.01. The van der Waals surface area contributed by atoms with Gasteiger partial charge in [-0.05, 0) is 52.7 Å². The summed E-state index contributed by atoms with van der Waals surface area (Å²) in [5, 5.41) is 3.99. The number of rotatable bonds is 3. The minimum absolute atomic E-state index is 0.368. The normalized spacial score (nSPS) is 10.3. The van der Waals surface area contributed by atoms with E-state index in [-0.39, 0.29) is 0 Å². The third-order valence-electron chi connectivity index (χ3n) is 2.73. The molecule has 0 saturated carbocycles. The van der Waals surface area contributed by atoms with Crippen molar-refractivity contribution in [3.63, 3.8) is 0 Å². The number of thiocarbonyl (C=S) groups is 1. The second kappa shape index (κ2) is 5.90. The summed E-state index contributed by atoms with van der Waals surface area (Å²) in [6, 6.07) is 11.5. The van der Waals surface area contributed by atoms with Gasteiger partial charge in [0.15, 0.2) is 0 Å². The minimum Gasteiger partial charge on any atom is -0.389 e. The first-order chi connectivity index (χ1) is 8.99. The predicted octanol–water partition coefficient (Wildman–Crippen LogP) is 4.79. The Morgan fingerprint density at radius 1 is 1.32 bits per heavy atom. The smallest absolute Gasteiger partial charge is 0.105 e. The quantitative estimate of drug-likeness (QED) is 0.778. The van der Waals surface area contributed by atoms with Crippen molar-refractivity contribution in [2.45, 2.75) is 6.92 Å². The highest BCUT2D eigenvalue weighted by molar-refractivity contribution is 9.10. The number of hydrogen-bond donors (Lipinski definition) is 2. The Hall–Kier alpha value is -1.10. The van der Waals surface area contributed by atoms with Crippen molar-refractivity contribution in [1.29, 1.82) is 0 Å². The summed E-state index contributed by atoms with van der Waals surface area (Å²) in [5.74, 6) is 0. The van der Waals surface area contributed by atoms with E-state index < -0.39 is 0 Å². The van der Waals surface area contributed by atoms with E-state index >= 15 is 0 Å². The molecule has 0 fully saturated rings. The molecule has 0 unspecified atom stereocenters. The first kappa shape index (κ1) is 14.3. The SMILES string of the molecule is Cc1cccc(Cl)c1Nc1ccc(C(N)=S)c(Br)c1. The Kier molecular flexibility index (Phi) is 4.45. The predicted molar refractivity (Wildman–Crippen MR) is 89.5 cm³/mol. The Balaban J connectivity index is 2.34. The molecule has 3 N–H and O–H groups in total. The average molecular weight is 356 g/mol. The summed E-state index contributed by atoms with van der Waals surface area (Å²) in [7, 11) is 0. The lowest BCUT2D eigenvalue weighted by Gasteiger charge is -2.12. The fourth-order valence-corrected chi connectivity index (χ4v) is 2.90. The van der Waals surface area contributed by atoms with E-state index in [2.05, 4.69) is 21.2 Å². The number of hydrogen-bond acceptors (Lipinski definition) is 2. The van der Waals surface area contributed by atoms with Crippen LogP contribution in [-0.4, -0.2) is 4.99 Å². The maximum absolute atomic E-state index is 6.19. The summed E-state index contributed by atoms with van der Waals surface area (Å²) in [6.07, 6.45) is 0. The summed E-state index contributed by atoms with van der Waals surface area (Å²) < 4.78 is 0.856. The topological polar surface area (TPSA) is 38.0 Å². The van der Waals surface area contributed by atoms with Crippen molar-refractivity contribution in [2.24, 2.45) is 5.73 Å². The van der Waals surface area contributed by atoms with Crippen molar-refractivity contribution in [1.82, 2.24) is 0 Å². The molecule has 0 aromatic heterocycles. The molecule has 0 spiro atoms. The van der Waals surface area contributed by atoms with Gasteiger partial charge in [0.2, 0.25) is 0 Å². The molecule has 2 aromatic rings. The fraction of sp³-hybridized carbons (Fsp3) is 0.0714. The van der Waals surface area contributed by atoms with E-state index in [0.717, 1.165) is 27.0 Å². The van der Waals surface area contributed by atoms with E-state index in [1.54, 1.807) is 0 Å². The van der Waals surface area contributed by atoms with Gasteiger partial charge in [-0.3, -0.25) is 0 Å². The second-order valence-electron chi connectivity index (χ2n) is 4.12. The number of aryl methyl sites for hydroxylation is 1. The number of nitrogens with one attached hydrogen (secondary N) is 1. The Labute approximate surface area is 131 Å². The molecular weight excluding hydrogens is 344 g/mol. The molecule has 0 amide bonds. The molecule has 0 radical (unpaired) electrons. The van der Waals surface area contributed by atoms with E-state index in [4.69, 9.17) is 29.6 Å². The molecule has 0 atom stereocenters. The molecule has 0 heterocycles. The van der Waals surface area contributed by atoms with Gasteiger partial charge in [0, 0.05) is 15.7 Å². The Morgan fingerprint density at radius 3 is 2.63 bits per heavy atom. The first-order valence-electron chi connectivity index (χ1n) is 5.60. The highest BCUT2D eigenvalue weighted by Gasteiger charge is 2.07. The van der Waals surface area contributed by atoms with E-state index in [0.29, 0.717) is 10.0 Å². The molecule has 2 nitrogen and oxygen atoms in total. The van der Waals surface area contributed by atoms with Gasteiger partial charge in [-0.15, -0.1) is 0 Å². The van der Waals surface area contributed by atoms with Crippen LogP contribution in [0.5, 0.6) is 0 Å². The van der Waals surface area contributed by atoms with Crippen molar-refractivity contribution < 1.29 is 0 Å². The van der Waals surface area contributed by atoms with Gasteiger partial charge < -0.3 is 11.1 Å². The van der Waals surface area contributed by atoms with E-state index in [1.165, 1.54) is 0 Å². The van der Waals surface area contributed by atoms with Crippen LogP contribution in [0.3, 0.4) is 0 Å². The van der Waals surface area contributed by atoms with Crippen LogP contribution in [0.4, 0.5) is 11.4 Å². The molecule has 0 aliphatic rings. The van der Waals surface area contributed by atoms with E-state index in [9.17, 15) is 0 Å². The largest absolute Gasteiger partial charge is 0.389 e. The molecule has 19 heavy (non-hydrogen) atoms. The lowest BCUT2D eigenvalue weighted by atomic mass is 10.1. The third-order valence-corrected chi connectivity index (χ3v) is 3.92. The van der Waals surface area contributed by atoms with Crippen LogP contribution < -0.4 is 11.1 Å². The number of para-hydroxylation sites is 1. The molecular formula is C14H12BrClN2S. The van der Waals surface area contributed by atoms with Crippen molar-refractivity contribution in [3.05, 3.63) is 57.0 Å². The van der Waals surface area contributed by atoms with Gasteiger partial charge in [-0.2, -0.15) is 0 Å². The van der Waals surface area contributed by atoms with Crippen LogP contribution in [0.25, 0.3) is 0 Å². The molecule has 2 aromatic carbocycles. The maximum Gasteiger partial charge on any atom is 0.105 e. The highest BCUT2D eigenvalue weighted by Crippen LogP contribution is 2.30. The Morgan fingerprint density at radius 2 is 2.05 bits per heavy atom. The van der Waals surface area contributed by atoms with Crippen molar-refractivity contribution in [3.8, 4) is 0 Å². The van der Waals surface area contributed by atoms with Crippen LogP contribution >= 0.6 is 39.7 Å². The molecule has 2 rings (SSSR count). The maximum atomic E-state index is 6.19. The number of halogens is 2. The lowest BCUT2D eigenvalue weighted by molar-refractivity contribution is 1.42. The molecule has 5 heteroatoms. The standard InChI is InChI=1S/C14H12BrClN2S/c1-8-3-2-4-12(16)13(8)18-9-5-6-10(14(17)19)11(15)7-9/h2-7,18H,1H3,(H2,17,19). The van der Waals surface area contributed by atoms with Crippen LogP contribution in [0.15, 0.2) is 40.9 Å². The highest BCUT2D eigenvalue weighted by atomic mass is 79.9. The van der Waals surface area contributed by atoms with Gasteiger partial charge in [0.1, 0.15) is 4.99 Å². The zero-order chi connectivity index (χ0) is 14.0. The molecule has 0 bridgehead atoms. The molecule has 0 aliphatic heterocycles. The zero-order valence-corrected chi connectivity index (χ0v) is 13.4. The molecule has 0 saturated heterocycles. The summed E-state index contributed by atoms with van der Waals surface area (Å²) in [5.41, 5.74) is 9.35. The Bertz CT molecular complexity index is 623. The molecule has 98 valence electrons. The van der Waals surface area contributed by atoms with Crippen molar-refractivity contribution in [2.75, 3.05) is 5.32 Å². The lowest BCUT2D eigenvalue weighted by Crippen LogP contribution is -2.10. The van der Waals surface area contributed by atoms with Crippen LogP contribution in [0.1, 0.15) is 11.1 Å². The van der Waals surface area contributed by atoms with Crippen molar-refractivity contribution >= 4 is 56.1 Å². The summed E-state index contributed by atoms with van der Waals surface area (Å²) in [4.78, 5) is 0.368. The van der Waals surface area contributed by atoms with Crippen LogP contribution in [0, 0.1) is 6.92 Å². The van der Waals surface area contributed by atoms with Gasteiger partial charge in [0.25, 0.3) is 0 Å². The van der Waals surface area contributed by atoms with Crippen LogP contribution in [-0.2, 0) is 0 Å². The van der Waals surface area contributed by atoms with Gasteiger partial charge in [-0.1, -0.05) is 36.0 Å². The number of nitrogens with two attached hydrogens (primary N) is 1. The minimum atomic E-state index is 0.368. The zero-order valence-electron chi connectivity index (χ0n) is 10.2. The number of anilines is 2.